The molecule has 0 bridgehead atoms. The van der Waals surface area contributed by atoms with Gasteiger partial charge >= 0.3 is 0 Å². The first-order valence-electron chi connectivity index (χ1n) is 8.56. The molecule has 1 unspecified atom stereocenters. The summed E-state index contributed by atoms with van der Waals surface area (Å²) in [4.78, 5) is 17.0. The minimum atomic E-state index is 0.185. The lowest BCUT2D eigenvalue weighted by atomic mass is 9.75. The number of carbonyl (C=O) groups excluding carboxylic acids is 1. The van der Waals surface area contributed by atoms with E-state index < -0.39 is 0 Å². The lowest BCUT2D eigenvalue weighted by Crippen LogP contribution is -2.72. The van der Waals surface area contributed by atoms with Gasteiger partial charge in [0.1, 0.15) is 0 Å². The van der Waals surface area contributed by atoms with Gasteiger partial charge in [-0.2, -0.15) is 0 Å². The molecule has 126 valence electrons. The number of methoxy groups -OCH3 is 1. The molecule has 2 aliphatic heterocycles. The van der Waals surface area contributed by atoms with Crippen LogP contribution in [0.1, 0.15) is 24.0 Å². The van der Waals surface area contributed by atoms with Gasteiger partial charge < -0.3 is 9.64 Å². The molecule has 2 aliphatic rings. The number of nitrogens with zero attached hydrogens (tertiary/aromatic N) is 2. The first kappa shape index (κ1) is 16.5. The van der Waals surface area contributed by atoms with E-state index in [1.54, 1.807) is 7.11 Å². The highest BCUT2D eigenvalue weighted by Crippen LogP contribution is 2.38. The van der Waals surface area contributed by atoms with Crippen LogP contribution in [0.5, 0.6) is 0 Å². The summed E-state index contributed by atoms with van der Waals surface area (Å²) in [7, 11) is 3.98. The monoisotopic (exact) mass is 316 g/mol. The maximum absolute atomic E-state index is 12.5. The van der Waals surface area contributed by atoms with Gasteiger partial charge in [0.05, 0.1) is 12.0 Å². The van der Waals surface area contributed by atoms with E-state index in [2.05, 4.69) is 43.1 Å². The number of likely N-dealkylation sites (tertiary alicyclic amines) is 2. The largest absolute Gasteiger partial charge is 0.384 e. The molecule has 2 saturated heterocycles. The zero-order valence-corrected chi connectivity index (χ0v) is 14.5. The van der Waals surface area contributed by atoms with Crippen LogP contribution in [0, 0.1) is 12.8 Å². The van der Waals surface area contributed by atoms with Gasteiger partial charge in [-0.1, -0.05) is 29.8 Å². The summed E-state index contributed by atoms with van der Waals surface area (Å²) in [6, 6.07) is 8.27. The number of ether oxygens (including phenoxy) is 1. The second-order valence-electron chi connectivity index (χ2n) is 7.37. The highest BCUT2D eigenvalue weighted by atomic mass is 16.5. The summed E-state index contributed by atoms with van der Waals surface area (Å²) >= 11 is 0. The van der Waals surface area contributed by atoms with E-state index in [1.807, 2.05) is 4.90 Å². The average Bonchev–Trinajstić information content (AvgIpc) is 2.49. The molecule has 0 radical (unpaired) electrons. The molecule has 0 aliphatic carbocycles. The van der Waals surface area contributed by atoms with Gasteiger partial charge in [-0.05, 0) is 44.8 Å². The van der Waals surface area contributed by atoms with Crippen molar-refractivity contribution in [2.45, 2.75) is 31.7 Å². The summed E-state index contributed by atoms with van der Waals surface area (Å²) in [6.07, 6.45) is 2.86. The topological polar surface area (TPSA) is 32.8 Å². The van der Waals surface area contributed by atoms with Crippen LogP contribution in [-0.4, -0.2) is 61.6 Å². The highest BCUT2D eigenvalue weighted by molar-refractivity contribution is 5.80. The number of piperidine rings is 1. The maximum atomic E-state index is 12.5. The van der Waals surface area contributed by atoms with Crippen molar-refractivity contribution in [3.05, 3.63) is 35.4 Å². The fourth-order valence-corrected chi connectivity index (χ4v) is 3.99. The molecule has 2 fully saturated rings. The van der Waals surface area contributed by atoms with Crippen molar-refractivity contribution in [2.24, 2.45) is 5.92 Å². The van der Waals surface area contributed by atoms with Crippen molar-refractivity contribution in [1.29, 1.82) is 0 Å². The number of benzene rings is 1. The molecular formula is C19H28N2O2. The lowest BCUT2D eigenvalue weighted by Gasteiger charge is -2.58. The van der Waals surface area contributed by atoms with Gasteiger partial charge in [-0.25, -0.2) is 0 Å². The van der Waals surface area contributed by atoms with Crippen LogP contribution >= 0.6 is 0 Å². The Morgan fingerprint density at radius 2 is 2.00 bits per heavy atom. The second-order valence-corrected chi connectivity index (χ2v) is 7.37. The maximum Gasteiger partial charge on any atom is 0.227 e. The van der Waals surface area contributed by atoms with Crippen LogP contribution in [0.15, 0.2) is 24.3 Å². The molecule has 3 rings (SSSR count). The molecule has 1 aromatic carbocycles. The Kier molecular flexibility index (Phi) is 4.74. The molecule has 0 saturated carbocycles. The van der Waals surface area contributed by atoms with Crippen molar-refractivity contribution in [3.8, 4) is 0 Å². The van der Waals surface area contributed by atoms with Gasteiger partial charge in [0.15, 0.2) is 0 Å². The number of hydrogen-bond donors (Lipinski definition) is 0. The van der Waals surface area contributed by atoms with Crippen LogP contribution in [-0.2, 0) is 16.0 Å². The smallest absolute Gasteiger partial charge is 0.227 e. The Bertz CT molecular complexity index is 549. The number of likely N-dealkylation sites (N-methyl/N-ethyl adjacent to an activating group) is 1. The molecule has 0 N–H and O–H groups in total. The summed E-state index contributed by atoms with van der Waals surface area (Å²) in [5.74, 6) is 0.882. The molecule has 2 heterocycles. The molecule has 1 atom stereocenters. The second kappa shape index (κ2) is 6.62. The number of rotatable bonds is 4. The Morgan fingerprint density at radius 1 is 1.30 bits per heavy atom. The fraction of sp³-hybridized carbons (Fsp3) is 0.632. The van der Waals surface area contributed by atoms with E-state index in [1.165, 1.54) is 12.0 Å². The van der Waals surface area contributed by atoms with Crippen molar-refractivity contribution >= 4 is 5.91 Å². The standard InChI is InChI=1S/C19H28N2O2/c1-15-4-6-16(7-5-15)10-18(22)21-13-19(14-21)11-17(12-23-3)8-9-20(19)2/h4-7,17H,8-14H2,1-3H3. The van der Waals surface area contributed by atoms with E-state index in [9.17, 15) is 4.79 Å². The first-order valence-corrected chi connectivity index (χ1v) is 8.56. The van der Waals surface area contributed by atoms with Gasteiger partial charge in [-0.3, -0.25) is 9.69 Å². The molecule has 1 amide bonds. The van der Waals surface area contributed by atoms with Crippen molar-refractivity contribution in [2.75, 3.05) is 40.4 Å². The van der Waals surface area contributed by atoms with E-state index in [0.717, 1.165) is 38.2 Å². The van der Waals surface area contributed by atoms with Crippen molar-refractivity contribution in [3.63, 3.8) is 0 Å². The number of aryl methyl sites for hydroxylation is 1. The SMILES string of the molecule is COCC1CCN(C)C2(C1)CN(C(=O)Cc1ccc(C)cc1)C2. The summed E-state index contributed by atoms with van der Waals surface area (Å²) in [6.45, 7) is 5.75. The van der Waals surface area contributed by atoms with Crippen molar-refractivity contribution < 1.29 is 9.53 Å². The van der Waals surface area contributed by atoms with E-state index in [0.29, 0.717) is 12.3 Å². The molecule has 1 aromatic rings. The number of carbonyl (C=O) groups is 1. The van der Waals surface area contributed by atoms with Crippen LogP contribution in [0.25, 0.3) is 0 Å². The Labute approximate surface area is 139 Å². The summed E-state index contributed by atoms with van der Waals surface area (Å²) in [5, 5.41) is 0. The number of hydrogen-bond acceptors (Lipinski definition) is 3. The molecule has 1 spiro atoms. The average molecular weight is 316 g/mol. The van der Waals surface area contributed by atoms with Crippen LogP contribution in [0.2, 0.25) is 0 Å². The van der Waals surface area contributed by atoms with Crippen LogP contribution < -0.4 is 0 Å². The lowest BCUT2D eigenvalue weighted by molar-refractivity contribution is -0.150. The molecular weight excluding hydrogens is 288 g/mol. The quantitative estimate of drug-likeness (QED) is 0.853. The van der Waals surface area contributed by atoms with Crippen LogP contribution in [0.3, 0.4) is 0 Å². The predicted octanol–water partition coefficient (Wildman–Crippen LogP) is 2.11. The molecule has 4 heteroatoms. The highest BCUT2D eigenvalue weighted by Gasteiger charge is 2.50. The zero-order chi connectivity index (χ0) is 16.4. The first-order chi connectivity index (χ1) is 11.0. The Balaban J connectivity index is 1.56. The van der Waals surface area contributed by atoms with Gasteiger partial charge in [-0.15, -0.1) is 0 Å². The summed E-state index contributed by atoms with van der Waals surface area (Å²) in [5.41, 5.74) is 2.53. The van der Waals surface area contributed by atoms with Gasteiger partial charge in [0, 0.05) is 26.8 Å². The summed E-state index contributed by atoms with van der Waals surface area (Å²) < 4.78 is 5.34. The third kappa shape index (κ3) is 3.43. The molecule has 0 aromatic heterocycles. The van der Waals surface area contributed by atoms with E-state index >= 15 is 0 Å². The fourth-order valence-electron chi connectivity index (χ4n) is 3.99. The Morgan fingerprint density at radius 3 is 2.65 bits per heavy atom. The van der Waals surface area contributed by atoms with Crippen molar-refractivity contribution in [1.82, 2.24) is 9.80 Å². The normalized spacial score (nSPS) is 23.8. The van der Waals surface area contributed by atoms with Gasteiger partial charge in [0.2, 0.25) is 5.91 Å². The van der Waals surface area contributed by atoms with Crippen LogP contribution in [0.4, 0.5) is 0 Å². The Hall–Kier alpha value is -1.39. The van der Waals surface area contributed by atoms with E-state index in [-0.39, 0.29) is 11.4 Å². The molecule has 23 heavy (non-hydrogen) atoms. The van der Waals surface area contributed by atoms with Gasteiger partial charge in [0.25, 0.3) is 0 Å². The zero-order valence-electron chi connectivity index (χ0n) is 14.5. The molecule has 4 nitrogen and oxygen atoms in total. The number of amides is 1. The minimum Gasteiger partial charge on any atom is -0.384 e. The predicted molar refractivity (Wildman–Crippen MR) is 91.4 cm³/mol. The minimum absolute atomic E-state index is 0.185. The third-order valence-electron chi connectivity index (χ3n) is 5.55. The van der Waals surface area contributed by atoms with E-state index in [4.69, 9.17) is 4.74 Å². The third-order valence-corrected chi connectivity index (χ3v) is 5.55.